The summed E-state index contributed by atoms with van der Waals surface area (Å²) in [7, 11) is 3.87. The summed E-state index contributed by atoms with van der Waals surface area (Å²) in [5.41, 5.74) is 0.111. The molecule has 0 saturated carbocycles. The van der Waals surface area contributed by atoms with E-state index in [0.717, 1.165) is 0 Å². The summed E-state index contributed by atoms with van der Waals surface area (Å²) < 4.78 is 19.5. The van der Waals surface area contributed by atoms with Gasteiger partial charge in [-0.15, -0.1) is 0 Å². The lowest BCUT2D eigenvalue weighted by molar-refractivity contribution is 0.169. The van der Waals surface area contributed by atoms with E-state index in [-0.39, 0.29) is 23.5 Å². The zero-order valence-electron chi connectivity index (χ0n) is 15.3. The highest BCUT2D eigenvalue weighted by atomic mass is 19.1. The molecule has 3 rings (SSSR count). The minimum atomic E-state index is -0.324. The molecule has 2 heterocycles. The van der Waals surface area contributed by atoms with Gasteiger partial charge >= 0.3 is 0 Å². The zero-order valence-corrected chi connectivity index (χ0v) is 15.3. The second kappa shape index (κ2) is 7.93. The molecule has 1 aromatic carbocycles. The number of benzene rings is 1. The highest BCUT2D eigenvalue weighted by molar-refractivity contribution is 5.84. The maximum absolute atomic E-state index is 13.8. The highest BCUT2D eigenvalue weighted by Gasteiger charge is 2.14. The number of hydrogen-bond donors (Lipinski definition) is 1. The monoisotopic (exact) mass is 366 g/mol. The number of halogens is 1. The summed E-state index contributed by atoms with van der Waals surface area (Å²) in [5, 5.41) is 13.4. The van der Waals surface area contributed by atoms with E-state index in [1.165, 1.54) is 18.5 Å². The summed E-state index contributed by atoms with van der Waals surface area (Å²) in [4.78, 5) is 14.6. The number of aromatic nitrogens is 3. The van der Waals surface area contributed by atoms with E-state index >= 15 is 0 Å². The molecule has 3 aromatic rings. The van der Waals surface area contributed by atoms with E-state index in [1.54, 1.807) is 18.2 Å². The second-order valence-electron chi connectivity index (χ2n) is 6.37. The van der Waals surface area contributed by atoms with Crippen LogP contribution in [0.3, 0.4) is 0 Å². The number of ether oxygens (including phenoxy) is 1. The van der Waals surface area contributed by atoms with Crippen LogP contribution in [0.4, 0.5) is 16.0 Å². The van der Waals surface area contributed by atoms with Crippen molar-refractivity contribution in [1.82, 2.24) is 19.9 Å². The topological polar surface area (TPSA) is 87.0 Å². The minimum Gasteiger partial charge on any atom is -0.471 e. The van der Waals surface area contributed by atoms with Crippen LogP contribution in [0.1, 0.15) is 12.6 Å². The predicted molar refractivity (Wildman–Crippen MR) is 100 cm³/mol. The van der Waals surface area contributed by atoms with Crippen molar-refractivity contribution in [3.05, 3.63) is 48.2 Å². The fraction of sp³-hybridized carbons (Fsp3) is 0.263. The third-order valence-electron chi connectivity index (χ3n) is 3.75. The van der Waals surface area contributed by atoms with Crippen LogP contribution < -0.4 is 10.1 Å². The third kappa shape index (κ3) is 4.46. The fourth-order valence-electron chi connectivity index (χ4n) is 2.67. The molecule has 0 amide bonds. The predicted octanol–water partition coefficient (Wildman–Crippen LogP) is 3.11. The number of likely N-dealkylation sites (N-methyl/N-ethyl adjacent to an activating group) is 1. The molecular weight excluding hydrogens is 347 g/mol. The van der Waals surface area contributed by atoms with Gasteiger partial charge in [0.15, 0.2) is 5.82 Å². The van der Waals surface area contributed by atoms with Gasteiger partial charge in [0, 0.05) is 18.1 Å². The van der Waals surface area contributed by atoms with Gasteiger partial charge in [-0.2, -0.15) is 10.2 Å². The molecule has 7 nitrogen and oxygen atoms in total. The normalized spacial score (nSPS) is 12.0. The van der Waals surface area contributed by atoms with Gasteiger partial charge in [-0.3, -0.25) is 0 Å². The van der Waals surface area contributed by atoms with Gasteiger partial charge in [0.1, 0.15) is 23.8 Å². The summed E-state index contributed by atoms with van der Waals surface area (Å²) in [6, 6.07) is 8.52. The van der Waals surface area contributed by atoms with Crippen LogP contribution in [-0.4, -0.2) is 46.6 Å². The van der Waals surface area contributed by atoms with E-state index in [0.29, 0.717) is 29.0 Å². The smallest absolute Gasteiger partial charge is 0.253 e. The first-order valence-corrected chi connectivity index (χ1v) is 8.36. The molecule has 0 radical (unpaired) electrons. The molecule has 0 aliphatic rings. The van der Waals surface area contributed by atoms with Gasteiger partial charge in [0.05, 0.1) is 6.20 Å². The van der Waals surface area contributed by atoms with Gasteiger partial charge < -0.3 is 15.0 Å². The third-order valence-corrected chi connectivity index (χ3v) is 3.75. The Morgan fingerprint density at radius 1 is 1.26 bits per heavy atom. The number of hydrogen-bond acceptors (Lipinski definition) is 7. The summed E-state index contributed by atoms with van der Waals surface area (Å²) >= 11 is 0. The molecular formula is C19H19FN6O. The van der Waals surface area contributed by atoms with Crippen molar-refractivity contribution in [2.45, 2.75) is 13.0 Å². The first kappa shape index (κ1) is 18.5. The average molecular weight is 366 g/mol. The summed E-state index contributed by atoms with van der Waals surface area (Å²) in [6.45, 7) is 2.56. The van der Waals surface area contributed by atoms with Gasteiger partial charge in [0.25, 0.3) is 5.88 Å². The van der Waals surface area contributed by atoms with Gasteiger partial charge in [-0.05, 0) is 38.5 Å². The lowest BCUT2D eigenvalue weighted by Crippen LogP contribution is -2.28. The number of nitrogens with zero attached hydrogens (tertiary/aromatic N) is 5. The Hall–Kier alpha value is -3.31. The van der Waals surface area contributed by atoms with Crippen LogP contribution in [0.15, 0.2) is 36.7 Å². The first-order valence-electron chi connectivity index (χ1n) is 8.36. The molecule has 27 heavy (non-hydrogen) atoms. The quantitative estimate of drug-likeness (QED) is 0.717. The number of fused-ring (bicyclic) bond motifs is 1. The summed E-state index contributed by atoms with van der Waals surface area (Å²) in [6.07, 6.45) is 2.72. The van der Waals surface area contributed by atoms with E-state index in [4.69, 9.17) is 4.74 Å². The largest absolute Gasteiger partial charge is 0.471 e. The van der Waals surface area contributed by atoms with Crippen LogP contribution >= 0.6 is 0 Å². The van der Waals surface area contributed by atoms with Gasteiger partial charge in [0.2, 0.25) is 5.69 Å². The number of rotatable bonds is 6. The fourth-order valence-corrected chi connectivity index (χ4v) is 2.67. The Morgan fingerprint density at radius 2 is 2.07 bits per heavy atom. The molecule has 0 aliphatic heterocycles. The van der Waals surface area contributed by atoms with E-state index < -0.39 is 0 Å². The molecule has 138 valence electrons. The van der Waals surface area contributed by atoms with Crippen LogP contribution in [0.2, 0.25) is 0 Å². The maximum atomic E-state index is 13.8. The molecule has 0 aliphatic carbocycles. The van der Waals surface area contributed by atoms with Crippen molar-refractivity contribution in [1.29, 1.82) is 5.26 Å². The SMILES string of the molecule is C[C@H](CN(C)C)Oc1nc(Nc2cc3cccc(F)c3cn2)cnc1C#N. The van der Waals surface area contributed by atoms with Crippen LogP contribution in [0, 0.1) is 17.1 Å². The van der Waals surface area contributed by atoms with Gasteiger partial charge in [-0.25, -0.2) is 14.4 Å². The van der Waals surface area contributed by atoms with Crippen molar-refractivity contribution in [3.63, 3.8) is 0 Å². The van der Waals surface area contributed by atoms with Crippen molar-refractivity contribution in [2.75, 3.05) is 26.0 Å². The number of pyridine rings is 1. The molecule has 0 fully saturated rings. The Labute approximate surface area is 156 Å². The molecule has 2 aromatic heterocycles. The second-order valence-corrected chi connectivity index (χ2v) is 6.37. The number of nitrogens with one attached hydrogen (secondary N) is 1. The molecule has 1 atom stereocenters. The van der Waals surface area contributed by atoms with Crippen LogP contribution in [-0.2, 0) is 0 Å². The standard InChI is InChI=1S/C19H19FN6O/c1-12(11-26(2)3)27-19-16(8-21)22-10-18(25-19)24-17-7-13-5-4-6-15(20)14(13)9-23-17/h4-7,9-10,12H,11H2,1-3H3,(H,23,24,25)/t12-/m1/s1. The van der Waals surface area contributed by atoms with E-state index in [2.05, 4.69) is 20.3 Å². The lowest BCUT2D eigenvalue weighted by Gasteiger charge is -2.18. The Bertz CT molecular complexity index is 1000. The van der Waals surface area contributed by atoms with Crippen molar-refractivity contribution >= 4 is 22.4 Å². The Morgan fingerprint density at radius 3 is 2.81 bits per heavy atom. The molecule has 0 saturated heterocycles. The molecule has 0 unspecified atom stereocenters. The number of anilines is 2. The van der Waals surface area contributed by atoms with Crippen LogP contribution in [0.5, 0.6) is 5.88 Å². The van der Waals surface area contributed by atoms with E-state index in [1.807, 2.05) is 32.0 Å². The first-order chi connectivity index (χ1) is 13.0. The number of nitriles is 1. The average Bonchev–Trinajstić information content (AvgIpc) is 2.61. The van der Waals surface area contributed by atoms with Crippen molar-refractivity contribution in [2.24, 2.45) is 0 Å². The maximum Gasteiger partial charge on any atom is 0.253 e. The lowest BCUT2D eigenvalue weighted by atomic mass is 10.1. The Kier molecular flexibility index (Phi) is 5.43. The van der Waals surface area contributed by atoms with Crippen molar-refractivity contribution in [3.8, 4) is 11.9 Å². The molecule has 0 bridgehead atoms. The highest BCUT2D eigenvalue weighted by Crippen LogP contribution is 2.23. The molecule has 8 heteroatoms. The van der Waals surface area contributed by atoms with Crippen LogP contribution in [0.25, 0.3) is 10.8 Å². The van der Waals surface area contributed by atoms with E-state index in [9.17, 15) is 9.65 Å². The Balaban J connectivity index is 1.85. The molecule has 0 spiro atoms. The summed E-state index contributed by atoms with van der Waals surface area (Å²) in [5.74, 6) is 0.697. The van der Waals surface area contributed by atoms with Crippen molar-refractivity contribution < 1.29 is 9.13 Å². The minimum absolute atomic E-state index is 0.111. The zero-order chi connectivity index (χ0) is 19.4. The molecule has 1 N–H and O–H groups in total. The van der Waals surface area contributed by atoms with Gasteiger partial charge in [-0.1, -0.05) is 12.1 Å².